The van der Waals surface area contributed by atoms with Crippen LogP contribution in [0.1, 0.15) is 32.0 Å². The van der Waals surface area contributed by atoms with E-state index < -0.39 is 5.60 Å². The van der Waals surface area contributed by atoms with Crippen LogP contribution in [0.4, 0.5) is 0 Å². The summed E-state index contributed by atoms with van der Waals surface area (Å²) >= 11 is 0. The van der Waals surface area contributed by atoms with Crippen LogP contribution in [0.3, 0.4) is 0 Å². The van der Waals surface area contributed by atoms with Crippen molar-refractivity contribution < 1.29 is 5.11 Å². The highest BCUT2D eigenvalue weighted by Crippen LogP contribution is 2.25. The highest BCUT2D eigenvalue weighted by molar-refractivity contribution is 5.00. The molecule has 1 N–H and O–H groups in total. The van der Waals surface area contributed by atoms with Crippen molar-refractivity contribution in [3.05, 3.63) is 18.2 Å². The predicted molar refractivity (Wildman–Crippen MR) is 67.9 cm³/mol. The quantitative estimate of drug-likeness (QED) is 0.858. The van der Waals surface area contributed by atoms with Crippen LogP contribution in [0, 0.1) is 0 Å². The zero-order valence-corrected chi connectivity index (χ0v) is 10.9. The third-order valence-corrected chi connectivity index (χ3v) is 3.67. The van der Waals surface area contributed by atoms with E-state index in [-0.39, 0.29) is 0 Å². The molecule has 1 aliphatic heterocycles. The normalized spacial score (nSPS) is 20.6. The fraction of sp³-hybridized carbons (Fsp3) is 0.769. The lowest BCUT2D eigenvalue weighted by molar-refractivity contribution is -0.0171. The molecular weight excluding hydrogens is 214 g/mol. The minimum absolute atomic E-state index is 0.552. The first-order chi connectivity index (χ1) is 8.13. The summed E-state index contributed by atoms with van der Waals surface area (Å²) in [5, 5.41) is 10.6. The molecule has 0 spiro atoms. The van der Waals surface area contributed by atoms with Gasteiger partial charge in [0.25, 0.3) is 0 Å². The second-order valence-corrected chi connectivity index (χ2v) is 5.24. The summed E-state index contributed by atoms with van der Waals surface area (Å²) in [7, 11) is 2.11. The molecule has 0 saturated carbocycles. The SMILES string of the molecule is CCCn1ccnc1CC1(O)CCN(C)CC1. The fourth-order valence-electron chi connectivity index (χ4n) is 2.46. The van der Waals surface area contributed by atoms with Crippen LogP contribution < -0.4 is 0 Å². The Kier molecular flexibility index (Phi) is 3.84. The van der Waals surface area contributed by atoms with Gasteiger partial charge in [0.1, 0.15) is 5.82 Å². The van der Waals surface area contributed by atoms with Gasteiger partial charge >= 0.3 is 0 Å². The number of hydrogen-bond donors (Lipinski definition) is 1. The van der Waals surface area contributed by atoms with Crippen LogP contribution in [0.2, 0.25) is 0 Å². The number of aliphatic hydroxyl groups is 1. The summed E-state index contributed by atoms with van der Waals surface area (Å²) < 4.78 is 2.16. The van der Waals surface area contributed by atoms with E-state index in [0.717, 1.165) is 44.7 Å². The molecule has 0 atom stereocenters. The van der Waals surface area contributed by atoms with Crippen molar-refractivity contribution in [2.75, 3.05) is 20.1 Å². The molecule has 1 aliphatic rings. The first-order valence-electron chi connectivity index (χ1n) is 6.54. The van der Waals surface area contributed by atoms with Gasteiger partial charge in [0.15, 0.2) is 0 Å². The topological polar surface area (TPSA) is 41.3 Å². The molecule has 0 radical (unpaired) electrons. The lowest BCUT2D eigenvalue weighted by Crippen LogP contribution is -2.44. The summed E-state index contributed by atoms with van der Waals surface area (Å²) in [6.07, 6.45) is 7.34. The first kappa shape index (κ1) is 12.6. The van der Waals surface area contributed by atoms with E-state index in [4.69, 9.17) is 0 Å². The van der Waals surface area contributed by atoms with E-state index in [1.54, 1.807) is 0 Å². The van der Waals surface area contributed by atoms with Crippen molar-refractivity contribution in [2.45, 2.75) is 44.8 Å². The minimum atomic E-state index is -0.552. The molecule has 1 saturated heterocycles. The number of imidazole rings is 1. The number of likely N-dealkylation sites (tertiary alicyclic amines) is 1. The van der Waals surface area contributed by atoms with Gasteiger partial charge in [-0.15, -0.1) is 0 Å². The van der Waals surface area contributed by atoms with Crippen molar-refractivity contribution in [1.29, 1.82) is 0 Å². The van der Waals surface area contributed by atoms with Gasteiger partial charge in [-0.05, 0) is 26.3 Å². The largest absolute Gasteiger partial charge is 0.389 e. The van der Waals surface area contributed by atoms with Gasteiger partial charge in [-0.3, -0.25) is 0 Å². The predicted octanol–water partition coefficient (Wildman–Crippen LogP) is 1.29. The van der Waals surface area contributed by atoms with E-state index in [2.05, 4.69) is 28.4 Å². The summed E-state index contributed by atoms with van der Waals surface area (Å²) in [6, 6.07) is 0. The zero-order chi connectivity index (χ0) is 12.3. The van der Waals surface area contributed by atoms with E-state index in [0.29, 0.717) is 6.42 Å². The molecule has 1 fully saturated rings. The van der Waals surface area contributed by atoms with Gasteiger partial charge in [-0.1, -0.05) is 6.92 Å². The Balaban J connectivity index is 2.01. The van der Waals surface area contributed by atoms with Gasteiger partial charge in [0, 0.05) is 38.4 Å². The van der Waals surface area contributed by atoms with Gasteiger partial charge in [-0.2, -0.15) is 0 Å². The Labute approximate surface area is 103 Å². The zero-order valence-electron chi connectivity index (χ0n) is 10.9. The smallest absolute Gasteiger partial charge is 0.111 e. The molecular formula is C13H23N3O. The Bertz CT molecular complexity index is 353. The highest BCUT2D eigenvalue weighted by Gasteiger charge is 2.32. The van der Waals surface area contributed by atoms with Crippen molar-refractivity contribution in [3.8, 4) is 0 Å². The molecule has 0 aliphatic carbocycles. The van der Waals surface area contributed by atoms with E-state index in [1.807, 2.05) is 12.4 Å². The van der Waals surface area contributed by atoms with Gasteiger partial charge in [0.05, 0.1) is 5.60 Å². The van der Waals surface area contributed by atoms with Crippen molar-refractivity contribution in [3.63, 3.8) is 0 Å². The van der Waals surface area contributed by atoms with Crippen molar-refractivity contribution in [2.24, 2.45) is 0 Å². The number of hydrogen-bond acceptors (Lipinski definition) is 3. The van der Waals surface area contributed by atoms with Crippen LogP contribution in [-0.2, 0) is 13.0 Å². The summed E-state index contributed by atoms with van der Waals surface area (Å²) in [6.45, 7) is 5.11. The average molecular weight is 237 g/mol. The third-order valence-electron chi connectivity index (χ3n) is 3.67. The number of rotatable bonds is 4. The van der Waals surface area contributed by atoms with Gasteiger partial charge in [0.2, 0.25) is 0 Å². The highest BCUT2D eigenvalue weighted by atomic mass is 16.3. The lowest BCUT2D eigenvalue weighted by atomic mass is 9.88. The number of aryl methyl sites for hydroxylation is 1. The van der Waals surface area contributed by atoms with E-state index in [1.165, 1.54) is 0 Å². The number of piperidine rings is 1. The first-order valence-corrected chi connectivity index (χ1v) is 6.54. The maximum Gasteiger partial charge on any atom is 0.111 e. The van der Waals surface area contributed by atoms with E-state index >= 15 is 0 Å². The second kappa shape index (κ2) is 5.19. The molecule has 4 heteroatoms. The average Bonchev–Trinajstić information content (AvgIpc) is 2.71. The molecule has 96 valence electrons. The van der Waals surface area contributed by atoms with Crippen molar-refractivity contribution in [1.82, 2.24) is 14.5 Å². The van der Waals surface area contributed by atoms with Crippen LogP contribution in [0.15, 0.2) is 12.4 Å². The lowest BCUT2D eigenvalue weighted by Gasteiger charge is -2.36. The van der Waals surface area contributed by atoms with Gasteiger partial charge < -0.3 is 14.6 Å². The standard InChI is InChI=1S/C13H23N3O/c1-3-7-16-10-6-14-12(16)11-13(17)4-8-15(2)9-5-13/h6,10,17H,3-5,7-9,11H2,1-2H3. The molecule has 4 nitrogen and oxygen atoms in total. The maximum absolute atomic E-state index is 10.6. The van der Waals surface area contributed by atoms with Crippen LogP contribution in [0.5, 0.6) is 0 Å². The molecule has 0 aromatic carbocycles. The maximum atomic E-state index is 10.6. The minimum Gasteiger partial charge on any atom is -0.389 e. The van der Waals surface area contributed by atoms with Crippen molar-refractivity contribution >= 4 is 0 Å². The van der Waals surface area contributed by atoms with Crippen LogP contribution in [-0.4, -0.2) is 45.3 Å². The molecule has 0 amide bonds. The fourth-order valence-corrected chi connectivity index (χ4v) is 2.46. The Hall–Kier alpha value is -0.870. The molecule has 1 aromatic rings. The molecule has 0 unspecified atom stereocenters. The Morgan fingerprint density at radius 1 is 1.41 bits per heavy atom. The summed E-state index contributed by atoms with van der Waals surface area (Å²) in [4.78, 5) is 6.65. The number of aromatic nitrogens is 2. The van der Waals surface area contributed by atoms with Crippen LogP contribution in [0.25, 0.3) is 0 Å². The molecule has 17 heavy (non-hydrogen) atoms. The third kappa shape index (κ3) is 3.07. The van der Waals surface area contributed by atoms with Gasteiger partial charge in [-0.25, -0.2) is 4.98 Å². The molecule has 2 rings (SSSR count). The summed E-state index contributed by atoms with van der Waals surface area (Å²) in [5.41, 5.74) is -0.552. The van der Waals surface area contributed by atoms with Crippen LogP contribution >= 0.6 is 0 Å². The number of nitrogens with zero attached hydrogens (tertiary/aromatic N) is 3. The second-order valence-electron chi connectivity index (χ2n) is 5.24. The summed E-state index contributed by atoms with van der Waals surface area (Å²) in [5.74, 6) is 1.03. The van der Waals surface area contributed by atoms with E-state index in [9.17, 15) is 5.11 Å². The Morgan fingerprint density at radius 3 is 2.76 bits per heavy atom. The molecule has 2 heterocycles. The molecule has 1 aromatic heterocycles. The molecule has 0 bridgehead atoms. The monoisotopic (exact) mass is 237 g/mol. The Morgan fingerprint density at radius 2 is 2.12 bits per heavy atom.